The van der Waals surface area contributed by atoms with E-state index in [-0.39, 0.29) is 18.0 Å². The maximum absolute atomic E-state index is 13.4. The van der Waals surface area contributed by atoms with Gasteiger partial charge >= 0.3 is 0 Å². The van der Waals surface area contributed by atoms with Crippen molar-refractivity contribution < 1.29 is 13.2 Å². The molecule has 0 aliphatic heterocycles. The van der Waals surface area contributed by atoms with Crippen molar-refractivity contribution >= 4 is 0 Å². The van der Waals surface area contributed by atoms with Gasteiger partial charge in [-0.25, -0.2) is 13.2 Å². The van der Waals surface area contributed by atoms with Crippen molar-refractivity contribution in [2.24, 2.45) is 5.73 Å². The lowest BCUT2D eigenvalue weighted by atomic mass is 10.0. The highest BCUT2D eigenvalue weighted by molar-refractivity contribution is 5.21. The SMILES string of the molecule is NC(CCn1ccnn1)Cc1cc(F)c(F)cc1F. The molecule has 1 unspecified atom stereocenters. The summed E-state index contributed by atoms with van der Waals surface area (Å²) in [4.78, 5) is 0. The van der Waals surface area contributed by atoms with Crippen LogP contribution in [0.25, 0.3) is 0 Å². The van der Waals surface area contributed by atoms with Gasteiger partial charge < -0.3 is 5.73 Å². The van der Waals surface area contributed by atoms with Crippen LogP contribution in [0, 0.1) is 17.5 Å². The quantitative estimate of drug-likeness (QED) is 0.841. The molecule has 1 aromatic heterocycles. The van der Waals surface area contributed by atoms with Crippen LogP contribution in [0.3, 0.4) is 0 Å². The molecule has 0 saturated carbocycles. The smallest absolute Gasteiger partial charge is 0.161 e. The molecule has 2 N–H and O–H groups in total. The molecule has 1 aromatic carbocycles. The van der Waals surface area contributed by atoms with E-state index in [4.69, 9.17) is 5.73 Å². The van der Waals surface area contributed by atoms with Crippen molar-refractivity contribution in [3.05, 3.63) is 47.5 Å². The molecule has 1 heterocycles. The number of nitrogens with two attached hydrogens (primary N) is 1. The maximum Gasteiger partial charge on any atom is 0.161 e. The van der Waals surface area contributed by atoms with Gasteiger partial charge in [-0.3, -0.25) is 4.68 Å². The number of rotatable bonds is 5. The van der Waals surface area contributed by atoms with Gasteiger partial charge in [0.05, 0.1) is 6.20 Å². The van der Waals surface area contributed by atoms with Crippen molar-refractivity contribution in [3.63, 3.8) is 0 Å². The molecule has 102 valence electrons. The lowest BCUT2D eigenvalue weighted by Crippen LogP contribution is -2.25. The zero-order valence-corrected chi connectivity index (χ0v) is 10.1. The molecule has 0 saturated heterocycles. The van der Waals surface area contributed by atoms with Crippen LogP contribution in [0.4, 0.5) is 13.2 Å². The maximum atomic E-state index is 13.4. The number of hydrogen-bond donors (Lipinski definition) is 1. The van der Waals surface area contributed by atoms with Crippen LogP contribution < -0.4 is 5.73 Å². The Morgan fingerprint density at radius 3 is 2.58 bits per heavy atom. The first-order valence-electron chi connectivity index (χ1n) is 5.79. The summed E-state index contributed by atoms with van der Waals surface area (Å²) in [5, 5.41) is 7.41. The second-order valence-corrected chi connectivity index (χ2v) is 4.28. The normalized spacial score (nSPS) is 12.6. The van der Waals surface area contributed by atoms with E-state index in [2.05, 4.69) is 10.3 Å². The minimum absolute atomic E-state index is 0.0741. The van der Waals surface area contributed by atoms with E-state index < -0.39 is 17.5 Å². The third kappa shape index (κ3) is 3.54. The average Bonchev–Trinajstić information content (AvgIpc) is 2.86. The molecule has 7 heteroatoms. The fourth-order valence-electron chi connectivity index (χ4n) is 1.75. The Balaban J connectivity index is 1.95. The molecule has 19 heavy (non-hydrogen) atoms. The molecule has 0 fully saturated rings. The highest BCUT2D eigenvalue weighted by Crippen LogP contribution is 2.15. The van der Waals surface area contributed by atoms with Crippen LogP contribution in [0.2, 0.25) is 0 Å². The highest BCUT2D eigenvalue weighted by atomic mass is 19.2. The van der Waals surface area contributed by atoms with Gasteiger partial charge in [-0.2, -0.15) is 0 Å². The summed E-state index contributed by atoms with van der Waals surface area (Å²) in [6.45, 7) is 0.534. The fraction of sp³-hybridized carbons (Fsp3) is 0.333. The predicted molar refractivity (Wildman–Crippen MR) is 62.6 cm³/mol. The lowest BCUT2D eigenvalue weighted by Gasteiger charge is -2.12. The van der Waals surface area contributed by atoms with Crippen LogP contribution >= 0.6 is 0 Å². The second-order valence-electron chi connectivity index (χ2n) is 4.28. The number of aromatic nitrogens is 3. The molecule has 0 amide bonds. The van der Waals surface area contributed by atoms with E-state index in [1.165, 1.54) is 0 Å². The first kappa shape index (κ1) is 13.5. The summed E-state index contributed by atoms with van der Waals surface area (Å²) in [5.41, 5.74) is 5.91. The zero-order valence-electron chi connectivity index (χ0n) is 10.1. The summed E-state index contributed by atoms with van der Waals surface area (Å²) in [5.74, 6) is -3.05. The topological polar surface area (TPSA) is 56.7 Å². The van der Waals surface area contributed by atoms with Gasteiger partial charge in [-0.1, -0.05) is 5.21 Å². The number of halogens is 3. The van der Waals surface area contributed by atoms with Gasteiger partial charge in [0, 0.05) is 24.8 Å². The molecule has 1 atom stereocenters. The van der Waals surface area contributed by atoms with Gasteiger partial charge in [0.1, 0.15) is 5.82 Å². The van der Waals surface area contributed by atoms with Crippen LogP contribution in [0.1, 0.15) is 12.0 Å². The molecule has 0 radical (unpaired) electrons. The Bertz CT molecular complexity index is 542. The fourth-order valence-corrected chi connectivity index (χ4v) is 1.75. The molecule has 2 rings (SSSR count). The van der Waals surface area contributed by atoms with E-state index >= 15 is 0 Å². The van der Waals surface area contributed by atoms with Crippen molar-refractivity contribution in [3.8, 4) is 0 Å². The molecule has 4 nitrogen and oxygen atoms in total. The monoisotopic (exact) mass is 270 g/mol. The zero-order chi connectivity index (χ0) is 13.8. The summed E-state index contributed by atoms with van der Waals surface area (Å²) in [7, 11) is 0. The number of aryl methyl sites for hydroxylation is 1. The minimum Gasteiger partial charge on any atom is -0.327 e. The highest BCUT2D eigenvalue weighted by Gasteiger charge is 2.13. The summed E-state index contributed by atoms with van der Waals surface area (Å²) < 4.78 is 40.8. The van der Waals surface area contributed by atoms with Crippen molar-refractivity contribution in [1.82, 2.24) is 15.0 Å². The molecule has 0 aliphatic carbocycles. The summed E-state index contributed by atoms with van der Waals surface area (Å²) in [6.07, 6.45) is 3.89. The van der Waals surface area contributed by atoms with E-state index in [9.17, 15) is 13.2 Å². The van der Waals surface area contributed by atoms with Gasteiger partial charge in [0.15, 0.2) is 11.6 Å². The van der Waals surface area contributed by atoms with Crippen LogP contribution in [0.5, 0.6) is 0 Å². The van der Waals surface area contributed by atoms with E-state index in [1.807, 2.05) is 0 Å². The average molecular weight is 270 g/mol. The summed E-state index contributed by atoms with van der Waals surface area (Å²) >= 11 is 0. The lowest BCUT2D eigenvalue weighted by molar-refractivity contribution is 0.473. The first-order valence-corrected chi connectivity index (χ1v) is 5.79. The first-order chi connectivity index (χ1) is 9.06. The third-order valence-electron chi connectivity index (χ3n) is 2.77. The van der Waals surface area contributed by atoms with Crippen LogP contribution in [-0.4, -0.2) is 21.0 Å². The van der Waals surface area contributed by atoms with Crippen LogP contribution in [-0.2, 0) is 13.0 Å². The van der Waals surface area contributed by atoms with Crippen molar-refractivity contribution in [2.75, 3.05) is 0 Å². The number of hydrogen-bond acceptors (Lipinski definition) is 3. The molecule has 2 aromatic rings. The van der Waals surface area contributed by atoms with Gasteiger partial charge in [0.25, 0.3) is 0 Å². The molecule has 0 bridgehead atoms. The molecular formula is C12H13F3N4. The van der Waals surface area contributed by atoms with E-state index in [0.717, 1.165) is 6.07 Å². The number of nitrogens with zero attached hydrogens (tertiary/aromatic N) is 3. The summed E-state index contributed by atoms with van der Waals surface area (Å²) in [6, 6.07) is 1.01. The molecule has 0 aliphatic rings. The molecule has 0 spiro atoms. The Morgan fingerprint density at radius 1 is 1.16 bits per heavy atom. The standard InChI is InChI=1S/C12H13F3N4/c13-10-7-12(15)11(14)6-8(10)5-9(16)1-3-19-4-2-17-18-19/h2,4,6-7,9H,1,3,5,16H2. The van der Waals surface area contributed by atoms with Gasteiger partial charge in [0.2, 0.25) is 0 Å². The van der Waals surface area contributed by atoms with Crippen LogP contribution in [0.15, 0.2) is 24.5 Å². The predicted octanol–water partition coefficient (Wildman–Crippen LogP) is 1.66. The Kier molecular flexibility index (Phi) is 4.16. The Morgan fingerprint density at radius 2 is 1.89 bits per heavy atom. The van der Waals surface area contributed by atoms with E-state index in [0.29, 0.717) is 19.0 Å². The number of benzene rings is 1. The van der Waals surface area contributed by atoms with Gasteiger partial charge in [-0.15, -0.1) is 5.10 Å². The minimum atomic E-state index is -1.20. The Hall–Kier alpha value is -1.89. The van der Waals surface area contributed by atoms with Gasteiger partial charge in [-0.05, 0) is 24.5 Å². The third-order valence-corrected chi connectivity index (χ3v) is 2.77. The van der Waals surface area contributed by atoms with E-state index in [1.54, 1.807) is 17.1 Å². The second kappa shape index (κ2) is 5.83. The van der Waals surface area contributed by atoms with Crippen molar-refractivity contribution in [1.29, 1.82) is 0 Å². The largest absolute Gasteiger partial charge is 0.327 e. The van der Waals surface area contributed by atoms with Crippen molar-refractivity contribution in [2.45, 2.75) is 25.4 Å². The Labute approximate surface area is 108 Å². The molecular weight excluding hydrogens is 257 g/mol.